The van der Waals surface area contributed by atoms with Crippen LogP contribution < -0.4 is 0 Å². The molecule has 2 aromatic heterocycles. The normalized spacial score (nSPS) is 12.3. The van der Waals surface area contributed by atoms with Crippen LogP contribution in [0.25, 0.3) is 11.4 Å². The second kappa shape index (κ2) is 4.85. The number of hydrogen-bond acceptors (Lipinski definition) is 5. The molecule has 0 bridgehead atoms. The molecule has 7 nitrogen and oxygen atoms in total. The van der Waals surface area contributed by atoms with Gasteiger partial charge in [0.15, 0.2) is 5.82 Å². The molecule has 0 fully saturated rings. The minimum atomic E-state index is -3.95. The molecule has 0 aromatic carbocycles. The molecular formula is C11H16ClN5O2S. The van der Waals surface area contributed by atoms with Crippen molar-refractivity contribution in [1.82, 2.24) is 24.5 Å². The molecule has 0 unspecified atom stereocenters. The van der Waals surface area contributed by atoms with E-state index in [9.17, 15) is 8.42 Å². The first-order valence-electron chi connectivity index (χ1n) is 6.04. The highest BCUT2D eigenvalue weighted by Gasteiger charge is 2.27. The van der Waals surface area contributed by atoms with Gasteiger partial charge in [0.2, 0.25) is 0 Å². The Morgan fingerprint density at radius 1 is 1.20 bits per heavy atom. The number of nitrogens with zero attached hydrogens (tertiary/aromatic N) is 5. The molecule has 0 aliphatic carbocycles. The summed E-state index contributed by atoms with van der Waals surface area (Å²) in [5.41, 5.74) is 2.42. The van der Waals surface area contributed by atoms with Crippen molar-refractivity contribution in [3.8, 4) is 11.4 Å². The lowest BCUT2D eigenvalue weighted by Gasteiger charge is -2.12. The van der Waals surface area contributed by atoms with Gasteiger partial charge in [-0.2, -0.15) is 5.10 Å². The van der Waals surface area contributed by atoms with E-state index in [4.69, 9.17) is 10.7 Å². The van der Waals surface area contributed by atoms with Gasteiger partial charge in [-0.3, -0.25) is 9.25 Å². The molecule has 0 saturated heterocycles. The number of rotatable bonds is 3. The summed E-state index contributed by atoms with van der Waals surface area (Å²) in [5.74, 6) is 0.460. The van der Waals surface area contributed by atoms with E-state index in [2.05, 4.69) is 15.3 Å². The Morgan fingerprint density at radius 3 is 2.20 bits per heavy atom. The highest BCUT2D eigenvalue weighted by molar-refractivity contribution is 8.13. The van der Waals surface area contributed by atoms with E-state index in [1.165, 1.54) is 4.57 Å². The van der Waals surface area contributed by atoms with E-state index in [0.29, 0.717) is 5.82 Å². The minimum absolute atomic E-state index is 0.150. The summed E-state index contributed by atoms with van der Waals surface area (Å²) in [4.78, 5) is 0. The highest BCUT2D eigenvalue weighted by Crippen LogP contribution is 2.30. The van der Waals surface area contributed by atoms with Crippen molar-refractivity contribution in [3.05, 3.63) is 11.4 Å². The van der Waals surface area contributed by atoms with Crippen molar-refractivity contribution in [2.24, 2.45) is 7.05 Å². The van der Waals surface area contributed by atoms with Gasteiger partial charge in [-0.25, -0.2) is 8.42 Å². The van der Waals surface area contributed by atoms with E-state index < -0.39 is 9.05 Å². The molecule has 0 N–H and O–H groups in total. The largest absolute Gasteiger partial charge is 0.296 e. The third-order valence-electron chi connectivity index (χ3n) is 3.13. The standard InChI is InChI=1S/C11H16ClN5O2S/c1-6(2)17-10(13-14-11(17)20(12,18)19)9-7(3)15-16(5)8(9)4/h6H,1-5H3. The third-order valence-corrected chi connectivity index (χ3v) is 4.26. The van der Waals surface area contributed by atoms with Crippen molar-refractivity contribution < 1.29 is 8.42 Å². The van der Waals surface area contributed by atoms with Gasteiger partial charge < -0.3 is 0 Å². The maximum Gasteiger partial charge on any atom is 0.296 e. The lowest BCUT2D eigenvalue weighted by molar-refractivity contribution is 0.530. The second-order valence-corrected chi connectivity index (χ2v) is 7.34. The summed E-state index contributed by atoms with van der Waals surface area (Å²) in [6.07, 6.45) is 0. The quantitative estimate of drug-likeness (QED) is 0.806. The highest BCUT2D eigenvalue weighted by atomic mass is 35.7. The number of aryl methyl sites for hydroxylation is 2. The Morgan fingerprint density at radius 2 is 1.80 bits per heavy atom. The Labute approximate surface area is 122 Å². The average molecular weight is 318 g/mol. The lowest BCUT2D eigenvalue weighted by Crippen LogP contribution is -2.10. The van der Waals surface area contributed by atoms with Crippen molar-refractivity contribution in [2.75, 3.05) is 0 Å². The maximum atomic E-state index is 11.6. The average Bonchev–Trinajstić information content (AvgIpc) is 2.81. The summed E-state index contributed by atoms with van der Waals surface area (Å²) >= 11 is 0. The van der Waals surface area contributed by atoms with Gasteiger partial charge in [0.1, 0.15) is 0 Å². The molecule has 0 aliphatic heterocycles. The third kappa shape index (κ3) is 2.33. The topological polar surface area (TPSA) is 82.7 Å². The number of hydrogen-bond donors (Lipinski definition) is 0. The van der Waals surface area contributed by atoms with Crippen LogP contribution in [0.3, 0.4) is 0 Å². The van der Waals surface area contributed by atoms with Crippen LogP contribution in [0.15, 0.2) is 5.16 Å². The fraction of sp³-hybridized carbons (Fsp3) is 0.545. The molecule has 0 amide bonds. The molecule has 2 aromatic rings. The van der Waals surface area contributed by atoms with Crippen molar-refractivity contribution in [3.63, 3.8) is 0 Å². The van der Waals surface area contributed by atoms with Crippen LogP contribution in [-0.2, 0) is 16.1 Å². The van der Waals surface area contributed by atoms with Crippen LogP contribution in [0.5, 0.6) is 0 Å². The minimum Gasteiger partial charge on any atom is -0.294 e. The van der Waals surface area contributed by atoms with Crippen LogP contribution in [0, 0.1) is 13.8 Å². The molecule has 0 radical (unpaired) electrons. The molecule has 2 rings (SSSR count). The Kier molecular flexibility index (Phi) is 3.64. The zero-order valence-corrected chi connectivity index (χ0v) is 13.5. The predicted molar refractivity (Wildman–Crippen MR) is 75.1 cm³/mol. The lowest BCUT2D eigenvalue weighted by atomic mass is 10.2. The Bertz CT molecular complexity index is 760. The van der Waals surface area contributed by atoms with Crippen LogP contribution in [0.1, 0.15) is 31.3 Å². The van der Waals surface area contributed by atoms with E-state index in [1.54, 1.807) is 4.68 Å². The van der Waals surface area contributed by atoms with E-state index in [1.807, 2.05) is 34.7 Å². The summed E-state index contributed by atoms with van der Waals surface area (Å²) in [6, 6.07) is -0.150. The molecule has 0 atom stereocenters. The smallest absolute Gasteiger partial charge is 0.294 e. The Hall–Kier alpha value is -1.41. The van der Waals surface area contributed by atoms with Crippen LogP contribution in [0.4, 0.5) is 0 Å². The zero-order chi connectivity index (χ0) is 15.2. The SMILES string of the molecule is Cc1nn(C)c(C)c1-c1nnc(S(=O)(=O)Cl)n1C(C)C. The fourth-order valence-corrected chi connectivity index (χ4v) is 3.16. The monoisotopic (exact) mass is 317 g/mol. The van der Waals surface area contributed by atoms with Gasteiger partial charge in [0.25, 0.3) is 14.2 Å². The molecule has 110 valence electrons. The summed E-state index contributed by atoms with van der Waals surface area (Å²) in [7, 11) is 3.29. The van der Waals surface area contributed by atoms with Crippen molar-refractivity contribution >= 4 is 19.7 Å². The first-order chi connectivity index (χ1) is 9.14. The fourth-order valence-electron chi connectivity index (χ4n) is 2.18. The first kappa shape index (κ1) is 15.0. The van der Waals surface area contributed by atoms with Gasteiger partial charge in [0.05, 0.1) is 11.3 Å². The molecule has 0 saturated carbocycles. The molecule has 9 heteroatoms. The summed E-state index contributed by atoms with van der Waals surface area (Å²) in [6.45, 7) is 7.43. The van der Waals surface area contributed by atoms with Gasteiger partial charge in [0, 0.05) is 29.5 Å². The van der Waals surface area contributed by atoms with Crippen molar-refractivity contribution in [1.29, 1.82) is 0 Å². The molecule has 0 spiro atoms. The van der Waals surface area contributed by atoms with Crippen molar-refractivity contribution in [2.45, 2.75) is 38.9 Å². The molecular weight excluding hydrogens is 302 g/mol. The summed E-state index contributed by atoms with van der Waals surface area (Å²) in [5, 5.41) is 11.8. The first-order valence-corrected chi connectivity index (χ1v) is 8.35. The van der Waals surface area contributed by atoms with Crippen LogP contribution in [-0.4, -0.2) is 33.0 Å². The number of halogens is 1. The Balaban J connectivity index is 2.80. The number of aromatic nitrogens is 5. The van der Waals surface area contributed by atoms with Gasteiger partial charge >= 0.3 is 0 Å². The van der Waals surface area contributed by atoms with E-state index in [0.717, 1.165) is 17.0 Å². The van der Waals surface area contributed by atoms with Gasteiger partial charge in [-0.15, -0.1) is 10.2 Å². The van der Waals surface area contributed by atoms with E-state index in [-0.39, 0.29) is 11.2 Å². The zero-order valence-electron chi connectivity index (χ0n) is 11.9. The predicted octanol–water partition coefficient (Wildman–Crippen LogP) is 1.80. The van der Waals surface area contributed by atoms with Crippen LogP contribution >= 0.6 is 10.7 Å². The van der Waals surface area contributed by atoms with Crippen LogP contribution in [0.2, 0.25) is 0 Å². The maximum absolute atomic E-state index is 11.6. The molecule has 0 aliphatic rings. The van der Waals surface area contributed by atoms with E-state index >= 15 is 0 Å². The van der Waals surface area contributed by atoms with Gasteiger partial charge in [-0.05, 0) is 27.7 Å². The summed E-state index contributed by atoms with van der Waals surface area (Å²) < 4.78 is 26.4. The molecule has 2 heterocycles. The van der Waals surface area contributed by atoms with Gasteiger partial charge in [-0.1, -0.05) is 0 Å². The second-order valence-electron chi connectivity index (χ2n) is 4.88. The molecule has 20 heavy (non-hydrogen) atoms.